The molecule has 0 atom stereocenters. The lowest BCUT2D eigenvalue weighted by Gasteiger charge is -2.07. The molecule has 0 spiro atoms. The number of hydrogen-bond acceptors (Lipinski definition) is 4. The maximum atomic E-state index is 13.4. The highest BCUT2D eigenvalue weighted by molar-refractivity contribution is 8.00. The van der Waals surface area contributed by atoms with Gasteiger partial charge in [0.1, 0.15) is 5.82 Å². The van der Waals surface area contributed by atoms with Gasteiger partial charge in [-0.25, -0.2) is 4.39 Å². The number of thioether (sulfide) groups is 1. The maximum absolute atomic E-state index is 13.4. The van der Waals surface area contributed by atoms with Crippen LogP contribution in [0.4, 0.5) is 4.39 Å². The molecule has 0 unspecified atom stereocenters. The van der Waals surface area contributed by atoms with Gasteiger partial charge in [-0.2, -0.15) is 0 Å². The molecule has 0 radical (unpaired) electrons. The van der Waals surface area contributed by atoms with E-state index in [4.69, 9.17) is 39.5 Å². The van der Waals surface area contributed by atoms with Crippen molar-refractivity contribution in [3.8, 4) is 0 Å². The minimum atomic E-state index is -0.657. The minimum absolute atomic E-state index is 0.0811. The van der Waals surface area contributed by atoms with E-state index >= 15 is 0 Å². The Kier molecular flexibility index (Phi) is 6.92. The Hall–Kier alpha value is -1.27. The van der Waals surface area contributed by atoms with Crippen LogP contribution in [-0.2, 0) is 9.53 Å². The van der Waals surface area contributed by atoms with Crippen LogP contribution in [-0.4, -0.2) is 24.1 Å². The number of halogens is 4. The van der Waals surface area contributed by atoms with Crippen molar-refractivity contribution in [2.24, 2.45) is 0 Å². The van der Waals surface area contributed by atoms with Crippen LogP contribution >= 0.6 is 46.6 Å². The molecule has 0 aromatic heterocycles. The Morgan fingerprint density at radius 3 is 2.46 bits per heavy atom. The van der Waals surface area contributed by atoms with E-state index in [0.717, 1.165) is 17.8 Å². The molecule has 0 aliphatic rings. The van der Waals surface area contributed by atoms with Gasteiger partial charge in [0.15, 0.2) is 6.61 Å². The van der Waals surface area contributed by atoms with Crippen molar-refractivity contribution in [1.82, 2.24) is 0 Å². The fourth-order valence-corrected chi connectivity index (χ4v) is 3.21. The summed E-state index contributed by atoms with van der Waals surface area (Å²) < 4.78 is 18.3. The monoisotopic (exact) mass is 406 g/mol. The number of Topliss-reactive ketones (excluding diaryl/α,β-unsaturated/α-hetero) is 1. The third-order valence-electron chi connectivity index (χ3n) is 2.88. The van der Waals surface area contributed by atoms with Gasteiger partial charge in [0.25, 0.3) is 0 Å². The molecule has 0 N–H and O–H groups in total. The van der Waals surface area contributed by atoms with Gasteiger partial charge in [0.05, 0.1) is 26.4 Å². The highest BCUT2D eigenvalue weighted by atomic mass is 35.5. The van der Waals surface area contributed by atoms with Gasteiger partial charge in [-0.15, -0.1) is 11.8 Å². The average Bonchev–Trinajstić information content (AvgIpc) is 2.57. The lowest BCUT2D eigenvalue weighted by Crippen LogP contribution is -2.16. The van der Waals surface area contributed by atoms with Crippen molar-refractivity contribution in [3.63, 3.8) is 0 Å². The summed E-state index contributed by atoms with van der Waals surface area (Å²) in [7, 11) is 0. The molecule has 24 heavy (non-hydrogen) atoms. The SMILES string of the molecule is O=C(CSc1ccc(Cl)c(Cl)c1Cl)OCC(=O)c1ccccc1F. The molecule has 0 saturated heterocycles. The van der Waals surface area contributed by atoms with Crippen LogP contribution in [0, 0.1) is 5.82 Å². The Morgan fingerprint density at radius 2 is 1.75 bits per heavy atom. The standard InChI is InChI=1S/C16H10Cl3FO3S/c17-10-5-6-13(16(19)15(10)18)24-8-14(22)23-7-12(21)9-3-1-2-4-11(9)20/h1-6H,7-8H2. The first kappa shape index (κ1) is 19.1. The molecule has 8 heteroatoms. The smallest absolute Gasteiger partial charge is 0.316 e. The van der Waals surface area contributed by atoms with Crippen LogP contribution < -0.4 is 0 Å². The molecule has 0 bridgehead atoms. The second-order valence-corrected chi connectivity index (χ2v) is 6.71. The normalized spacial score (nSPS) is 10.5. The van der Waals surface area contributed by atoms with E-state index in [9.17, 15) is 14.0 Å². The van der Waals surface area contributed by atoms with Crippen LogP contribution in [0.1, 0.15) is 10.4 Å². The van der Waals surface area contributed by atoms with Crippen molar-refractivity contribution in [1.29, 1.82) is 0 Å². The van der Waals surface area contributed by atoms with Gasteiger partial charge < -0.3 is 4.74 Å². The minimum Gasteiger partial charge on any atom is -0.457 e. The van der Waals surface area contributed by atoms with E-state index in [2.05, 4.69) is 0 Å². The first-order valence-corrected chi connectivity index (χ1v) is 8.71. The van der Waals surface area contributed by atoms with Gasteiger partial charge in [-0.3, -0.25) is 9.59 Å². The van der Waals surface area contributed by atoms with Gasteiger partial charge in [0, 0.05) is 4.90 Å². The number of esters is 1. The van der Waals surface area contributed by atoms with E-state index < -0.39 is 24.2 Å². The molecular weight excluding hydrogens is 398 g/mol. The van der Waals surface area contributed by atoms with Crippen LogP contribution in [0.25, 0.3) is 0 Å². The van der Waals surface area contributed by atoms with Crippen LogP contribution in [0.15, 0.2) is 41.3 Å². The Balaban J connectivity index is 1.87. The number of hydrogen-bond donors (Lipinski definition) is 0. The quantitative estimate of drug-likeness (QED) is 0.282. The zero-order valence-corrected chi connectivity index (χ0v) is 15.1. The number of carbonyl (C=O) groups excluding carboxylic acids is 2. The van der Waals surface area contributed by atoms with Gasteiger partial charge >= 0.3 is 5.97 Å². The second kappa shape index (κ2) is 8.72. The fraction of sp³-hybridized carbons (Fsp3) is 0.125. The topological polar surface area (TPSA) is 43.4 Å². The number of rotatable bonds is 6. The van der Waals surface area contributed by atoms with Crippen molar-refractivity contribution in [3.05, 3.63) is 62.8 Å². The Labute approximate surface area is 157 Å². The van der Waals surface area contributed by atoms with Crippen molar-refractivity contribution in [2.75, 3.05) is 12.4 Å². The van der Waals surface area contributed by atoms with Crippen LogP contribution in [0.2, 0.25) is 15.1 Å². The van der Waals surface area contributed by atoms with Gasteiger partial charge in [-0.1, -0.05) is 46.9 Å². The largest absolute Gasteiger partial charge is 0.457 e. The number of benzene rings is 2. The average molecular weight is 408 g/mol. The summed E-state index contributed by atoms with van der Waals surface area (Å²) in [6.45, 7) is -0.532. The summed E-state index contributed by atoms with van der Waals surface area (Å²) in [4.78, 5) is 24.1. The molecular formula is C16H10Cl3FO3S. The molecule has 0 heterocycles. The van der Waals surface area contributed by atoms with E-state index in [1.165, 1.54) is 18.2 Å². The fourth-order valence-electron chi connectivity index (χ4n) is 1.71. The molecule has 3 nitrogen and oxygen atoms in total. The number of ether oxygens (including phenoxy) is 1. The lowest BCUT2D eigenvalue weighted by atomic mass is 10.1. The van der Waals surface area contributed by atoms with Crippen molar-refractivity contribution < 1.29 is 18.7 Å². The predicted molar refractivity (Wildman–Crippen MR) is 93.9 cm³/mol. The zero-order chi connectivity index (χ0) is 17.7. The number of ketones is 1. The second-order valence-electron chi connectivity index (χ2n) is 4.53. The molecule has 0 fully saturated rings. The molecule has 0 saturated carbocycles. The summed E-state index contributed by atoms with van der Waals surface area (Å²) in [6, 6.07) is 8.67. The first-order valence-electron chi connectivity index (χ1n) is 6.59. The van der Waals surface area contributed by atoms with Gasteiger partial charge in [-0.05, 0) is 24.3 Å². The number of carbonyl (C=O) groups is 2. The summed E-state index contributed by atoms with van der Waals surface area (Å²) >= 11 is 18.8. The molecule has 0 aliphatic heterocycles. The van der Waals surface area contributed by atoms with Crippen molar-refractivity contribution in [2.45, 2.75) is 4.90 Å². The highest BCUT2D eigenvalue weighted by Gasteiger charge is 2.15. The molecule has 0 aliphatic carbocycles. The van der Waals surface area contributed by atoms with E-state index in [-0.39, 0.29) is 21.4 Å². The molecule has 2 aromatic carbocycles. The molecule has 2 rings (SSSR count). The predicted octanol–water partition coefficient (Wildman–Crippen LogP) is 5.30. The van der Waals surface area contributed by atoms with Gasteiger partial charge in [0.2, 0.25) is 5.78 Å². The van der Waals surface area contributed by atoms with E-state index in [1.807, 2.05) is 0 Å². The molecule has 0 amide bonds. The summed E-state index contributed by atoms with van der Waals surface area (Å²) in [5.41, 5.74) is -0.120. The first-order chi connectivity index (χ1) is 11.4. The van der Waals surface area contributed by atoms with E-state index in [0.29, 0.717) is 9.92 Å². The van der Waals surface area contributed by atoms with Crippen LogP contribution in [0.5, 0.6) is 0 Å². The maximum Gasteiger partial charge on any atom is 0.316 e. The third-order valence-corrected chi connectivity index (χ3v) is 5.32. The van der Waals surface area contributed by atoms with E-state index in [1.54, 1.807) is 12.1 Å². The summed E-state index contributed by atoms with van der Waals surface area (Å²) in [5.74, 6) is -1.98. The molecule has 2 aromatic rings. The molecule has 126 valence electrons. The summed E-state index contributed by atoms with van der Waals surface area (Å²) in [6.07, 6.45) is 0. The highest BCUT2D eigenvalue weighted by Crippen LogP contribution is 2.37. The summed E-state index contributed by atoms with van der Waals surface area (Å²) in [5, 5.41) is 0.750. The third kappa shape index (κ3) is 4.86. The van der Waals surface area contributed by atoms with Crippen molar-refractivity contribution >= 4 is 58.3 Å². The Morgan fingerprint density at radius 1 is 1.04 bits per heavy atom. The lowest BCUT2D eigenvalue weighted by molar-refractivity contribution is -0.139. The zero-order valence-electron chi connectivity index (χ0n) is 12.0. The van der Waals surface area contributed by atoms with Crippen LogP contribution in [0.3, 0.4) is 0 Å². The Bertz CT molecular complexity index is 783.